The molecule has 0 saturated heterocycles. The van der Waals surface area contributed by atoms with Crippen LogP contribution in [0.1, 0.15) is 41.5 Å². The number of rotatable bonds is 8. The van der Waals surface area contributed by atoms with Gasteiger partial charge < -0.3 is 10.5 Å². The summed E-state index contributed by atoms with van der Waals surface area (Å²) >= 11 is 9.53. The van der Waals surface area contributed by atoms with Crippen LogP contribution in [0.25, 0.3) is 0 Å². The van der Waals surface area contributed by atoms with Crippen molar-refractivity contribution >= 4 is 68.5 Å². The van der Waals surface area contributed by atoms with Crippen LogP contribution >= 0.6 is 23.2 Å². The lowest BCUT2D eigenvalue weighted by Crippen LogP contribution is -3.17. The van der Waals surface area contributed by atoms with Crippen molar-refractivity contribution in [1.82, 2.24) is 0 Å². The summed E-state index contributed by atoms with van der Waals surface area (Å²) in [5, 5.41) is 0.143. The first kappa shape index (κ1) is 67.4. The summed E-state index contributed by atoms with van der Waals surface area (Å²) in [5.74, 6) is -90.4. The molecule has 0 aliphatic rings. The van der Waals surface area contributed by atoms with E-state index >= 15 is 52.7 Å². The average molecular weight is 1260 g/mol. The van der Waals surface area contributed by atoms with Gasteiger partial charge in [0.1, 0.15) is 69.8 Å². The zero-order chi connectivity index (χ0) is 62.9. The molecular formula is C45H24B2Cl2F30N2. The van der Waals surface area contributed by atoms with Gasteiger partial charge in [-0.25, -0.2) is 132 Å². The van der Waals surface area contributed by atoms with Crippen LogP contribution in [0.5, 0.6) is 0 Å². The monoisotopic (exact) mass is 1250 g/mol. The molecule has 0 amide bonds. The molecule has 0 radical (unpaired) electrons. The van der Waals surface area contributed by atoms with Crippen molar-refractivity contribution in [2.75, 3.05) is 5.34 Å². The Morgan fingerprint density at radius 1 is 0.210 bits per heavy atom. The fourth-order valence-corrected chi connectivity index (χ4v) is 9.00. The van der Waals surface area contributed by atoms with Crippen LogP contribution in [-0.4, -0.2) is 29.0 Å². The number of benzene rings is 6. The highest BCUT2D eigenvalue weighted by Crippen LogP contribution is 2.29. The van der Waals surface area contributed by atoms with E-state index in [9.17, 15) is 79.0 Å². The molecule has 0 spiro atoms. The maximum absolute atomic E-state index is 15.2. The molecule has 0 aliphatic heterocycles. The molecule has 6 aromatic carbocycles. The smallest absolute Gasteiger partial charge is 0.305 e. The Hall–Kier alpha value is -6.15. The second-order valence-electron chi connectivity index (χ2n) is 18.9. The molecule has 0 fully saturated rings. The molecule has 0 aromatic heterocycles. The van der Waals surface area contributed by atoms with E-state index in [0.717, 1.165) is 41.5 Å². The molecule has 81 heavy (non-hydrogen) atoms. The summed E-state index contributed by atoms with van der Waals surface area (Å²) in [4.78, 5) is 0. The number of quaternary nitrogens is 2. The van der Waals surface area contributed by atoms with Gasteiger partial charge in [0.15, 0.2) is 105 Å². The lowest BCUT2D eigenvalue weighted by atomic mass is 9.23. The Labute approximate surface area is 442 Å². The van der Waals surface area contributed by atoms with E-state index < -0.39 is 231 Å². The molecule has 0 heterocycles. The lowest BCUT2D eigenvalue weighted by molar-refractivity contribution is -0.600. The van der Waals surface area contributed by atoms with Gasteiger partial charge in [0.25, 0.3) is 0 Å². The topological polar surface area (TPSA) is 33.2 Å². The molecule has 2 nitrogen and oxygen atoms in total. The zero-order valence-corrected chi connectivity index (χ0v) is 41.6. The van der Waals surface area contributed by atoms with Crippen LogP contribution in [-0.2, 0) is 0 Å². The molecule has 0 aliphatic carbocycles. The van der Waals surface area contributed by atoms with Gasteiger partial charge in [-0.05, 0) is 41.5 Å². The molecule has 0 unspecified atom stereocenters. The van der Waals surface area contributed by atoms with Gasteiger partial charge in [-0.15, -0.1) is 23.2 Å². The van der Waals surface area contributed by atoms with Gasteiger partial charge in [-0.1, -0.05) is 32.8 Å². The van der Waals surface area contributed by atoms with E-state index in [1.54, 1.807) is 0 Å². The summed E-state index contributed by atoms with van der Waals surface area (Å²) in [6.45, 7) is 5.30. The van der Waals surface area contributed by atoms with Crippen molar-refractivity contribution in [3.8, 4) is 0 Å². The van der Waals surface area contributed by atoms with Crippen LogP contribution in [0.2, 0.25) is 0 Å². The molecular weight excluding hydrogens is 1230 g/mol. The molecule has 6 aromatic rings. The summed E-state index contributed by atoms with van der Waals surface area (Å²) in [7, 11) is 0. The maximum Gasteiger partial charge on any atom is 0.305 e. The normalized spacial score (nSPS) is 12.2. The van der Waals surface area contributed by atoms with E-state index in [2.05, 4.69) is 0 Å². The standard InChI is InChI=1S/2C22H11BF15N.CH2Cl2/c2*1-22(2,3)39-23(4-7(24)13(30)19(36)14(31)8(4)25,5-9(26)15(32)20(37)16(33)10(5)27)6-11(28)17(34)21(38)18(35)12(6)29;2-1-3/h2*39H2,1-3H3;1H2. The third kappa shape index (κ3) is 11.0. The summed E-state index contributed by atoms with van der Waals surface area (Å²) < 4.78 is 437. The highest BCUT2D eigenvalue weighted by Gasteiger charge is 2.57. The number of nitrogens with two attached hydrogens (primary N) is 2. The maximum atomic E-state index is 15.2. The van der Waals surface area contributed by atoms with Crippen molar-refractivity contribution < 1.29 is 142 Å². The van der Waals surface area contributed by atoms with Crippen LogP contribution < -0.4 is 43.2 Å². The fraction of sp³-hybridized carbons (Fsp3) is 0.200. The SMILES string of the molecule is CC(C)(C)[NH2+][B-](c1c(F)c(F)c(F)c(F)c1F)(c1c(F)c(F)c(F)c(F)c1F)c1c(F)c(F)c(F)c(F)c1F.CC(C)(C)[NH2+][B-](c1c(F)c(F)c(F)c(F)c1F)(c1c(F)c(F)c(F)c(F)c1F)c1c(F)c(F)c(F)c(F)c1F.ClCCl. The average Bonchev–Trinajstić information content (AvgIpc) is 3.38. The number of hydrogen-bond donors (Lipinski definition) is 2. The minimum absolute atomic E-state index is 0.0260. The Bertz CT molecular complexity index is 2810. The molecule has 6 rings (SSSR count). The molecule has 0 bridgehead atoms. The van der Waals surface area contributed by atoms with E-state index in [1.165, 1.54) is 0 Å². The predicted molar refractivity (Wildman–Crippen MR) is 227 cm³/mol. The molecule has 444 valence electrons. The third-order valence-corrected chi connectivity index (χ3v) is 11.7. The first-order valence-electron chi connectivity index (χ1n) is 21.2. The van der Waals surface area contributed by atoms with E-state index in [1.807, 2.05) is 0 Å². The molecule has 0 saturated carbocycles. The second kappa shape index (κ2) is 23.6. The summed E-state index contributed by atoms with van der Waals surface area (Å²) in [6, 6.07) is 0. The van der Waals surface area contributed by atoms with Gasteiger partial charge in [0, 0.05) is 11.1 Å². The second-order valence-corrected chi connectivity index (χ2v) is 19.7. The molecule has 0 atom stereocenters. The van der Waals surface area contributed by atoms with E-state index in [0.29, 0.717) is 0 Å². The summed E-state index contributed by atoms with van der Waals surface area (Å²) in [5.41, 5.74) is -19.9. The fourth-order valence-electron chi connectivity index (χ4n) is 9.00. The predicted octanol–water partition coefficient (Wildman–Crippen LogP) is 9.63. The number of hydrogen-bond acceptors (Lipinski definition) is 0. The van der Waals surface area contributed by atoms with Crippen molar-refractivity contribution in [2.45, 2.75) is 52.6 Å². The van der Waals surface area contributed by atoms with Crippen molar-refractivity contribution in [2.24, 2.45) is 0 Å². The summed E-state index contributed by atoms with van der Waals surface area (Å²) in [6.07, 6.45) is -11.3. The van der Waals surface area contributed by atoms with Crippen molar-refractivity contribution in [3.63, 3.8) is 0 Å². The first-order chi connectivity index (χ1) is 36.9. The first-order valence-corrected chi connectivity index (χ1v) is 22.2. The number of alkyl halides is 2. The zero-order valence-electron chi connectivity index (χ0n) is 40.1. The number of halogens is 32. The highest BCUT2D eigenvalue weighted by atomic mass is 35.5. The van der Waals surface area contributed by atoms with Gasteiger partial charge in [0.2, 0.25) is 0 Å². The van der Waals surface area contributed by atoms with Crippen LogP contribution in [0.4, 0.5) is 132 Å². The Morgan fingerprint density at radius 3 is 0.358 bits per heavy atom. The Kier molecular flexibility index (Phi) is 19.6. The Balaban J connectivity index is 0.000000332. The lowest BCUT2D eigenvalue weighted by Gasteiger charge is -2.44. The van der Waals surface area contributed by atoms with Crippen molar-refractivity contribution in [3.05, 3.63) is 175 Å². The highest BCUT2D eigenvalue weighted by molar-refractivity contribution is 7.06. The van der Waals surface area contributed by atoms with Crippen LogP contribution in [0.3, 0.4) is 0 Å². The van der Waals surface area contributed by atoms with Gasteiger partial charge in [0.05, 0.1) is 5.34 Å². The van der Waals surface area contributed by atoms with Gasteiger partial charge >= 0.3 is 12.6 Å². The van der Waals surface area contributed by atoms with Crippen molar-refractivity contribution in [1.29, 1.82) is 0 Å². The minimum atomic E-state index is -5.63. The van der Waals surface area contributed by atoms with E-state index in [4.69, 9.17) is 23.2 Å². The molecule has 36 heteroatoms. The van der Waals surface area contributed by atoms with Gasteiger partial charge in [-0.2, -0.15) is 0 Å². The third-order valence-electron chi connectivity index (χ3n) is 11.7. The molecule has 4 N–H and O–H groups in total. The van der Waals surface area contributed by atoms with E-state index in [-0.39, 0.29) is 15.8 Å². The van der Waals surface area contributed by atoms with Crippen LogP contribution in [0, 0.1) is 175 Å². The minimum Gasteiger partial charge on any atom is -0.521 e. The van der Waals surface area contributed by atoms with Crippen LogP contribution in [0.15, 0.2) is 0 Å². The van der Waals surface area contributed by atoms with Gasteiger partial charge in [-0.3, -0.25) is 0 Å². The quantitative estimate of drug-likeness (QED) is 0.0501. The largest absolute Gasteiger partial charge is 0.521 e. The Morgan fingerprint density at radius 2 is 0.284 bits per heavy atom.